The largest absolute Gasteiger partial charge is 0.507 e. The summed E-state index contributed by atoms with van der Waals surface area (Å²) in [7, 11) is 0. The Morgan fingerprint density at radius 1 is 1.38 bits per heavy atom. The van der Waals surface area contributed by atoms with Gasteiger partial charge >= 0.3 is 0 Å². The van der Waals surface area contributed by atoms with Gasteiger partial charge in [0.15, 0.2) is 0 Å². The molecule has 1 saturated carbocycles. The number of rotatable bonds is 4. The molecule has 0 unspecified atom stereocenters. The smallest absolute Gasteiger partial charge is 0.257 e. The maximum Gasteiger partial charge on any atom is 0.257 e. The van der Waals surface area contributed by atoms with E-state index in [4.69, 9.17) is 5.73 Å². The Labute approximate surface area is 139 Å². The molecule has 1 aliphatic carbocycles. The molecule has 2 rings (SSSR count). The van der Waals surface area contributed by atoms with Crippen molar-refractivity contribution in [2.24, 2.45) is 5.73 Å². The molecule has 1 aromatic rings. The summed E-state index contributed by atoms with van der Waals surface area (Å²) in [5.41, 5.74) is 6.37. The molecule has 3 N–H and O–H groups in total. The van der Waals surface area contributed by atoms with Crippen molar-refractivity contribution in [3.8, 4) is 5.75 Å². The van der Waals surface area contributed by atoms with Gasteiger partial charge in [-0.05, 0) is 72.9 Å². The fourth-order valence-corrected chi connectivity index (χ4v) is 3.43. The molecule has 1 aromatic carbocycles. The van der Waals surface area contributed by atoms with Crippen LogP contribution in [0, 0.1) is 3.57 Å². The van der Waals surface area contributed by atoms with E-state index in [0.29, 0.717) is 5.56 Å². The Hall–Kier alpha value is -0.820. The van der Waals surface area contributed by atoms with Gasteiger partial charge in [0.25, 0.3) is 5.91 Å². The van der Waals surface area contributed by atoms with Crippen LogP contribution < -0.4 is 5.73 Å². The maximum atomic E-state index is 12.8. The highest BCUT2D eigenvalue weighted by Crippen LogP contribution is 2.27. The number of phenols is 1. The fraction of sp³-hybridized carbons (Fsp3) is 0.562. The molecule has 21 heavy (non-hydrogen) atoms. The van der Waals surface area contributed by atoms with Crippen LogP contribution in [0.2, 0.25) is 0 Å². The van der Waals surface area contributed by atoms with Gasteiger partial charge in [-0.15, -0.1) is 0 Å². The first-order chi connectivity index (χ1) is 10.0. The van der Waals surface area contributed by atoms with E-state index in [-0.39, 0.29) is 23.7 Å². The van der Waals surface area contributed by atoms with Crippen molar-refractivity contribution in [3.63, 3.8) is 0 Å². The number of halogens is 1. The van der Waals surface area contributed by atoms with E-state index in [9.17, 15) is 9.90 Å². The molecule has 5 heteroatoms. The Balaban J connectivity index is 2.20. The second kappa shape index (κ2) is 7.45. The average Bonchev–Trinajstić information content (AvgIpc) is 2.48. The minimum atomic E-state index is -0.0617. The number of amides is 1. The molecular weight excluding hydrogens is 379 g/mol. The van der Waals surface area contributed by atoms with Gasteiger partial charge in [-0.3, -0.25) is 4.79 Å². The molecular formula is C16H23IN2O2. The predicted octanol–water partition coefficient (Wildman–Crippen LogP) is 3.12. The Morgan fingerprint density at radius 3 is 2.67 bits per heavy atom. The summed E-state index contributed by atoms with van der Waals surface area (Å²) in [5.74, 6) is 0.00219. The summed E-state index contributed by atoms with van der Waals surface area (Å²) in [6.45, 7) is 2.80. The molecule has 4 nitrogen and oxygen atoms in total. The van der Waals surface area contributed by atoms with Crippen LogP contribution in [0.4, 0.5) is 0 Å². The van der Waals surface area contributed by atoms with Crippen LogP contribution in [0.1, 0.15) is 49.4 Å². The highest BCUT2D eigenvalue weighted by molar-refractivity contribution is 14.1. The van der Waals surface area contributed by atoms with Crippen LogP contribution in [-0.4, -0.2) is 34.5 Å². The van der Waals surface area contributed by atoms with Crippen molar-refractivity contribution in [3.05, 3.63) is 27.3 Å². The van der Waals surface area contributed by atoms with Gasteiger partial charge < -0.3 is 15.7 Å². The maximum absolute atomic E-state index is 12.8. The van der Waals surface area contributed by atoms with E-state index in [1.807, 2.05) is 4.90 Å². The van der Waals surface area contributed by atoms with Crippen LogP contribution in [0.5, 0.6) is 5.75 Å². The molecule has 116 valence electrons. The average molecular weight is 402 g/mol. The number of carbonyl (C=O) groups excluding carboxylic acids is 1. The molecule has 0 bridgehead atoms. The zero-order chi connectivity index (χ0) is 15.4. The molecule has 1 amide bonds. The first kappa shape index (κ1) is 16.5. The first-order valence-electron chi connectivity index (χ1n) is 7.58. The van der Waals surface area contributed by atoms with E-state index in [1.165, 1.54) is 0 Å². The summed E-state index contributed by atoms with van der Waals surface area (Å²) in [6, 6.07) is 5.67. The van der Waals surface area contributed by atoms with Crippen molar-refractivity contribution >= 4 is 28.5 Å². The summed E-state index contributed by atoms with van der Waals surface area (Å²) in [4.78, 5) is 14.7. The van der Waals surface area contributed by atoms with Gasteiger partial charge in [-0.25, -0.2) is 0 Å². The van der Waals surface area contributed by atoms with E-state index in [0.717, 1.165) is 42.2 Å². The number of hydrogen-bond donors (Lipinski definition) is 2. The lowest BCUT2D eigenvalue weighted by molar-refractivity contribution is 0.0623. The van der Waals surface area contributed by atoms with Gasteiger partial charge in [-0.2, -0.15) is 0 Å². The fourth-order valence-electron chi connectivity index (χ4n) is 2.94. The van der Waals surface area contributed by atoms with Gasteiger partial charge in [0, 0.05) is 22.2 Å². The molecule has 1 aliphatic rings. The van der Waals surface area contributed by atoms with Crippen LogP contribution >= 0.6 is 22.6 Å². The summed E-state index contributed by atoms with van der Waals surface area (Å²) in [5, 5.41) is 9.99. The van der Waals surface area contributed by atoms with Crippen molar-refractivity contribution in [2.45, 2.75) is 51.1 Å². The minimum Gasteiger partial charge on any atom is -0.507 e. The van der Waals surface area contributed by atoms with E-state index in [2.05, 4.69) is 29.5 Å². The molecule has 1 fully saturated rings. The van der Waals surface area contributed by atoms with Crippen LogP contribution in [0.25, 0.3) is 0 Å². The molecule has 0 heterocycles. The number of nitrogens with zero attached hydrogens (tertiary/aromatic N) is 1. The monoisotopic (exact) mass is 402 g/mol. The SMILES string of the molecule is CCCN(C(=O)c1cc(I)ccc1O)C1CCC(N)CC1. The number of nitrogens with two attached hydrogens (primary N) is 1. The number of aromatic hydroxyl groups is 1. The Morgan fingerprint density at radius 2 is 2.05 bits per heavy atom. The lowest BCUT2D eigenvalue weighted by atomic mass is 9.90. The third-order valence-corrected chi connectivity index (χ3v) is 4.77. The standard InChI is InChI=1S/C16H23IN2O2/c1-2-9-19(13-6-4-12(18)5-7-13)16(21)14-10-11(17)3-8-15(14)20/h3,8,10,12-13,20H,2,4-7,9,18H2,1H3. The summed E-state index contributed by atoms with van der Waals surface area (Å²) >= 11 is 2.16. The number of carbonyl (C=O) groups is 1. The second-order valence-corrected chi connectivity index (χ2v) is 6.97. The van der Waals surface area contributed by atoms with Crippen LogP contribution in [0.3, 0.4) is 0 Å². The molecule has 0 aromatic heterocycles. The van der Waals surface area contributed by atoms with Crippen molar-refractivity contribution < 1.29 is 9.90 Å². The van der Waals surface area contributed by atoms with Crippen molar-refractivity contribution in [1.29, 1.82) is 0 Å². The lowest BCUT2D eigenvalue weighted by Gasteiger charge is -2.36. The first-order valence-corrected chi connectivity index (χ1v) is 8.65. The molecule has 0 radical (unpaired) electrons. The number of benzene rings is 1. The van der Waals surface area contributed by atoms with Gasteiger partial charge in [0.2, 0.25) is 0 Å². The molecule has 0 aliphatic heterocycles. The highest BCUT2D eigenvalue weighted by atomic mass is 127. The third-order valence-electron chi connectivity index (χ3n) is 4.10. The quantitative estimate of drug-likeness (QED) is 0.761. The van der Waals surface area contributed by atoms with E-state index in [1.54, 1.807) is 18.2 Å². The predicted molar refractivity (Wildman–Crippen MR) is 92.4 cm³/mol. The second-order valence-electron chi connectivity index (χ2n) is 5.73. The number of phenolic OH excluding ortho intramolecular Hbond substituents is 1. The minimum absolute atomic E-state index is 0.0617. The normalized spacial score (nSPS) is 22.0. The molecule has 0 saturated heterocycles. The van der Waals surface area contributed by atoms with Crippen molar-refractivity contribution in [1.82, 2.24) is 4.90 Å². The zero-order valence-corrected chi connectivity index (χ0v) is 14.5. The summed E-state index contributed by atoms with van der Waals surface area (Å²) in [6.07, 6.45) is 4.76. The summed E-state index contributed by atoms with van der Waals surface area (Å²) < 4.78 is 0.955. The number of hydrogen-bond acceptors (Lipinski definition) is 3. The zero-order valence-electron chi connectivity index (χ0n) is 12.4. The Kier molecular flexibility index (Phi) is 5.87. The topological polar surface area (TPSA) is 66.6 Å². The van der Waals surface area contributed by atoms with E-state index >= 15 is 0 Å². The van der Waals surface area contributed by atoms with Gasteiger partial charge in [0.05, 0.1) is 5.56 Å². The van der Waals surface area contributed by atoms with Crippen molar-refractivity contribution in [2.75, 3.05) is 6.54 Å². The lowest BCUT2D eigenvalue weighted by Crippen LogP contribution is -2.44. The van der Waals surface area contributed by atoms with E-state index < -0.39 is 0 Å². The molecule has 0 spiro atoms. The van der Waals surface area contributed by atoms with Gasteiger partial charge in [0.1, 0.15) is 5.75 Å². The molecule has 0 atom stereocenters. The third kappa shape index (κ3) is 4.10. The van der Waals surface area contributed by atoms with Crippen LogP contribution in [0.15, 0.2) is 18.2 Å². The van der Waals surface area contributed by atoms with Gasteiger partial charge in [-0.1, -0.05) is 6.92 Å². The Bertz CT molecular complexity index is 499. The van der Waals surface area contributed by atoms with Crippen LogP contribution in [-0.2, 0) is 0 Å². The highest BCUT2D eigenvalue weighted by Gasteiger charge is 2.29.